The van der Waals surface area contributed by atoms with Crippen molar-refractivity contribution in [3.8, 4) is 17.2 Å². The summed E-state index contributed by atoms with van der Waals surface area (Å²) in [6.07, 6.45) is 0. The van der Waals surface area contributed by atoms with E-state index in [1.165, 1.54) is 0 Å². The molecule has 0 saturated heterocycles. The average molecular weight is 396 g/mol. The molecule has 6 rings (SSSR count). The Balaban J connectivity index is 1.62. The van der Waals surface area contributed by atoms with Crippen molar-refractivity contribution in [1.82, 2.24) is 0 Å². The molecule has 3 aliphatic rings. The third-order valence-electron chi connectivity index (χ3n) is 5.84. The minimum Gasteiger partial charge on any atom is -0.454 e. The van der Waals surface area contributed by atoms with Crippen LogP contribution < -0.4 is 14.2 Å². The number of ether oxygens (including phenoxy) is 3. The van der Waals surface area contributed by atoms with Crippen molar-refractivity contribution in [2.24, 2.45) is 0 Å². The van der Waals surface area contributed by atoms with Gasteiger partial charge < -0.3 is 14.2 Å². The van der Waals surface area contributed by atoms with Crippen molar-refractivity contribution < 1.29 is 23.8 Å². The Labute approximate surface area is 172 Å². The number of ketones is 2. The minimum atomic E-state index is -0.441. The van der Waals surface area contributed by atoms with E-state index in [0.717, 1.165) is 16.7 Å². The van der Waals surface area contributed by atoms with Gasteiger partial charge in [-0.1, -0.05) is 54.1 Å². The molecule has 1 unspecified atom stereocenters. The van der Waals surface area contributed by atoms with Gasteiger partial charge >= 0.3 is 0 Å². The fourth-order valence-corrected chi connectivity index (χ4v) is 4.36. The van der Waals surface area contributed by atoms with Crippen LogP contribution in [-0.2, 0) is 0 Å². The number of Topliss-reactive ketones (excluding diaryl/α,β-unsaturated/α-hetero) is 2. The van der Waals surface area contributed by atoms with E-state index in [1.54, 1.807) is 30.3 Å². The van der Waals surface area contributed by atoms with Crippen molar-refractivity contribution in [3.05, 3.63) is 99.8 Å². The number of hydrogen-bond acceptors (Lipinski definition) is 5. The predicted molar refractivity (Wildman–Crippen MR) is 108 cm³/mol. The molecule has 0 aromatic heterocycles. The molecule has 1 atom stereocenters. The normalized spacial score (nSPS) is 18.5. The Bertz CT molecular complexity index is 1280. The van der Waals surface area contributed by atoms with Crippen molar-refractivity contribution in [2.45, 2.75) is 12.8 Å². The maximum atomic E-state index is 13.5. The first-order valence-electron chi connectivity index (χ1n) is 9.72. The number of benzene rings is 3. The second-order valence-electron chi connectivity index (χ2n) is 7.64. The monoisotopic (exact) mass is 396 g/mol. The first-order chi connectivity index (χ1) is 14.6. The molecule has 0 saturated carbocycles. The van der Waals surface area contributed by atoms with Crippen molar-refractivity contribution in [3.63, 3.8) is 0 Å². The Morgan fingerprint density at radius 1 is 0.800 bits per heavy atom. The summed E-state index contributed by atoms with van der Waals surface area (Å²) in [6, 6.07) is 18.4. The molecule has 5 heteroatoms. The molecule has 0 bridgehead atoms. The van der Waals surface area contributed by atoms with Gasteiger partial charge in [-0.15, -0.1) is 0 Å². The summed E-state index contributed by atoms with van der Waals surface area (Å²) in [6.45, 7) is 2.14. The fourth-order valence-electron chi connectivity index (χ4n) is 4.36. The molecule has 30 heavy (non-hydrogen) atoms. The first kappa shape index (κ1) is 17.0. The molecule has 2 aliphatic heterocycles. The van der Waals surface area contributed by atoms with Crippen LogP contribution in [-0.4, -0.2) is 18.4 Å². The number of carbonyl (C=O) groups is 2. The van der Waals surface area contributed by atoms with Gasteiger partial charge in [0.1, 0.15) is 5.75 Å². The van der Waals surface area contributed by atoms with Gasteiger partial charge in [0.25, 0.3) is 0 Å². The molecule has 0 N–H and O–H groups in total. The lowest BCUT2D eigenvalue weighted by molar-refractivity contribution is 0.0927. The zero-order chi connectivity index (χ0) is 20.4. The second-order valence-corrected chi connectivity index (χ2v) is 7.64. The Morgan fingerprint density at radius 2 is 1.47 bits per heavy atom. The molecular formula is C25H16O5. The molecule has 2 heterocycles. The first-order valence-corrected chi connectivity index (χ1v) is 9.72. The summed E-state index contributed by atoms with van der Waals surface area (Å²) in [7, 11) is 0. The molecule has 0 amide bonds. The Kier molecular flexibility index (Phi) is 3.45. The highest BCUT2D eigenvalue weighted by molar-refractivity contribution is 6.27. The minimum absolute atomic E-state index is 0.0932. The molecule has 1 aliphatic carbocycles. The Hall–Kier alpha value is -3.86. The van der Waals surface area contributed by atoms with Gasteiger partial charge in [0, 0.05) is 28.7 Å². The van der Waals surface area contributed by atoms with E-state index >= 15 is 0 Å². The lowest BCUT2D eigenvalue weighted by Crippen LogP contribution is -2.31. The van der Waals surface area contributed by atoms with E-state index in [4.69, 9.17) is 14.2 Å². The molecule has 0 spiro atoms. The molecule has 3 aromatic rings. The quantitative estimate of drug-likeness (QED) is 0.602. The van der Waals surface area contributed by atoms with Crippen LogP contribution in [0.15, 0.2) is 72.0 Å². The van der Waals surface area contributed by atoms with Crippen molar-refractivity contribution >= 4 is 11.6 Å². The molecule has 3 aromatic carbocycles. The number of aryl methyl sites for hydroxylation is 1. The highest BCUT2D eigenvalue weighted by Crippen LogP contribution is 2.50. The van der Waals surface area contributed by atoms with Gasteiger partial charge in [0.15, 0.2) is 23.0 Å². The molecule has 5 nitrogen and oxygen atoms in total. The summed E-state index contributed by atoms with van der Waals surface area (Å²) in [5.41, 5.74) is 3.95. The van der Waals surface area contributed by atoms with Crippen LogP contribution in [0.1, 0.15) is 43.3 Å². The van der Waals surface area contributed by atoms with Gasteiger partial charge in [-0.05, 0) is 18.6 Å². The second kappa shape index (κ2) is 6.07. The number of carbonyl (C=O) groups excluding carboxylic acids is 2. The van der Waals surface area contributed by atoms with Gasteiger partial charge in [0.05, 0.1) is 5.57 Å². The van der Waals surface area contributed by atoms with E-state index < -0.39 is 5.92 Å². The van der Waals surface area contributed by atoms with Crippen LogP contribution in [0.3, 0.4) is 0 Å². The number of hydrogen-bond donors (Lipinski definition) is 0. The van der Waals surface area contributed by atoms with Gasteiger partial charge in [-0.3, -0.25) is 9.59 Å². The van der Waals surface area contributed by atoms with Crippen molar-refractivity contribution in [1.29, 1.82) is 0 Å². The molecule has 0 fully saturated rings. The average Bonchev–Trinajstić information content (AvgIpc) is 3.23. The third kappa shape index (κ3) is 2.29. The summed E-state index contributed by atoms with van der Waals surface area (Å²) in [5.74, 6) is 0.863. The number of fused-ring (bicyclic) bond motifs is 3. The van der Waals surface area contributed by atoms with Crippen molar-refractivity contribution in [2.75, 3.05) is 6.79 Å². The van der Waals surface area contributed by atoms with Crippen LogP contribution in [0.4, 0.5) is 0 Å². The van der Waals surface area contributed by atoms with Gasteiger partial charge in [-0.25, -0.2) is 0 Å². The third-order valence-corrected chi connectivity index (χ3v) is 5.84. The van der Waals surface area contributed by atoms with E-state index in [0.29, 0.717) is 33.9 Å². The topological polar surface area (TPSA) is 61.8 Å². The highest BCUT2D eigenvalue weighted by atomic mass is 16.7. The van der Waals surface area contributed by atoms with Crippen LogP contribution in [0, 0.1) is 6.92 Å². The van der Waals surface area contributed by atoms with Crippen LogP contribution in [0.25, 0.3) is 0 Å². The molecule has 146 valence electrons. The van der Waals surface area contributed by atoms with E-state index in [-0.39, 0.29) is 24.1 Å². The lowest BCUT2D eigenvalue weighted by atomic mass is 9.75. The Morgan fingerprint density at radius 3 is 2.20 bits per heavy atom. The number of rotatable bonds is 1. The maximum Gasteiger partial charge on any atom is 0.231 e. The van der Waals surface area contributed by atoms with Crippen LogP contribution >= 0.6 is 0 Å². The highest BCUT2D eigenvalue weighted by Gasteiger charge is 2.43. The van der Waals surface area contributed by atoms with Gasteiger partial charge in [-0.2, -0.15) is 0 Å². The molecule has 0 radical (unpaired) electrons. The number of allylic oxidation sites excluding steroid dienone is 2. The standard InChI is InChI=1S/C25H16O5/c1-13-6-8-14(9-7-13)21-17-10-19-20(29-12-28-19)11-18(17)30-25-22(21)23(26)15-4-2-3-5-16(15)24(25)27/h2-11,21H,12H2,1H3. The van der Waals surface area contributed by atoms with Crippen LogP contribution in [0.5, 0.6) is 17.2 Å². The zero-order valence-electron chi connectivity index (χ0n) is 16.1. The SMILES string of the molecule is Cc1ccc(C2C3=C(Oc4cc5c(cc42)OCO5)C(=O)c2ccccc2C3=O)cc1. The summed E-state index contributed by atoms with van der Waals surface area (Å²) >= 11 is 0. The smallest absolute Gasteiger partial charge is 0.231 e. The predicted octanol–water partition coefficient (Wildman–Crippen LogP) is 4.58. The van der Waals surface area contributed by atoms with Crippen LogP contribution in [0.2, 0.25) is 0 Å². The largest absolute Gasteiger partial charge is 0.454 e. The summed E-state index contributed by atoms with van der Waals surface area (Å²) in [5, 5.41) is 0. The summed E-state index contributed by atoms with van der Waals surface area (Å²) in [4.78, 5) is 26.8. The van der Waals surface area contributed by atoms with E-state index in [9.17, 15) is 9.59 Å². The fraction of sp³-hybridized carbons (Fsp3) is 0.120. The van der Waals surface area contributed by atoms with Gasteiger partial charge in [0.2, 0.25) is 12.6 Å². The van der Waals surface area contributed by atoms with E-state index in [2.05, 4.69) is 0 Å². The van der Waals surface area contributed by atoms with E-state index in [1.807, 2.05) is 37.3 Å². The maximum absolute atomic E-state index is 13.5. The zero-order valence-corrected chi connectivity index (χ0v) is 16.1. The summed E-state index contributed by atoms with van der Waals surface area (Å²) < 4.78 is 17.1. The lowest BCUT2D eigenvalue weighted by Gasteiger charge is -2.32. The molecular weight excluding hydrogens is 380 g/mol.